The molecule has 2 aliphatic rings. The lowest BCUT2D eigenvalue weighted by Gasteiger charge is -2.27. The third kappa shape index (κ3) is 5.53. The summed E-state index contributed by atoms with van der Waals surface area (Å²) in [6.45, 7) is 0.398. The van der Waals surface area contributed by atoms with Crippen LogP contribution in [0.2, 0.25) is 0 Å². The van der Waals surface area contributed by atoms with Gasteiger partial charge in [0.1, 0.15) is 17.6 Å². The summed E-state index contributed by atoms with van der Waals surface area (Å²) in [5, 5.41) is -4.95. The van der Waals surface area contributed by atoms with Crippen molar-refractivity contribution in [2.45, 2.75) is 42.8 Å². The van der Waals surface area contributed by atoms with Crippen LogP contribution < -0.4 is 0 Å². The highest BCUT2D eigenvalue weighted by molar-refractivity contribution is 7.87. The highest BCUT2D eigenvalue weighted by Crippen LogP contribution is 2.42. The molecule has 1 saturated heterocycles. The number of esters is 2. The summed E-state index contributed by atoms with van der Waals surface area (Å²) < 4.78 is 140. The third-order valence-corrected chi connectivity index (χ3v) is 6.28. The summed E-state index contributed by atoms with van der Waals surface area (Å²) in [6.07, 6.45) is -12.0. The van der Waals surface area contributed by atoms with Crippen LogP contribution in [-0.4, -0.2) is 79.5 Å². The molecule has 0 aromatic heterocycles. The Morgan fingerprint density at radius 3 is 1.78 bits per heavy atom. The van der Waals surface area contributed by atoms with Crippen LogP contribution in [-0.2, 0) is 44.0 Å². The van der Waals surface area contributed by atoms with Gasteiger partial charge in [0.2, 0.25) is 6.10 Å². The second-order valence-electron chi connectivity index (χ2n) is 6.83. The number of carbonyl (C=O) groups excluding carboxylic acids is 2. The van der Waals surface area contributed by atoms with Gasteiger partial charge in [-0.25, -0.2) is 0 Å². The van der Waals surface area contributed by atoms with Crippen LogP contribution in [0.5, 0.6) is 0 Å². The van der Waals surface area contributed by atoms with Crippen molar-refractivity contribution in [3.05, 3.63) is 12.2 Å². The topological polar surface area (TPSA) is 171 Å². The minimum absolute atomic E-state index is 0.398. The zero-order chi connectivity index (χ0) is 24.9. The Balaban J connectivity index is 2.24. The van der Waals surface area contributed by atoms with Crippen molar-refractivity contribution >= 4 is 32.2 Å². The zero-order valence-electron chi connectivity index (χ0n) is 15.6. The number of rotatable bonds is 8. The van der Waals surface area contributed by atoms with Crippen molar-refractivity contribution in [2.75, 3.05) is 5.75 Å². The smallest absolute Gasteiger partial charge is 0.426 e. The van der Waals surface area contributed by atoms with Crippen LogP contribution in [0.3, 0.4) is 0 Å². The molecule has 0 amide bonds. The van der Waals surface area contributed by atoms with Gasteiger partial charge in [0, 0.05) is 0 Å². The first-order chi connectivity index (χ1) is 14.3. The van der Waals surface area contributed by atoms with Gasteiger partial charge in [-0.15, -0.1) is 0 Å². The second kappa shape index (κ2) is 8.47. The van der Waals surface area contributed by atoms with E-state index in [1.165, 1.54) is 0 Å². The van der Waals surface area contributed by atoms with Gasteiger partial charge in [-0.2, -0.15) is 38.8 Å². The van der Waals surface area contributed by atoms with E-state index in [-0.39, 0.29) is 0 Å². The third-order valence-electron chi connectivity index (χ3n) is 4.54. The van der Waals surface area contributed by atoms with Crippen LogP contribution in [0.25, 0.3) is 0 Å². The van der Waals surface area contributed by atoms with E-state index in [1.54, 1.807) is 0 Å². The summed E-state index contributed by atoms with van der Waals surface area (Å²) in [5.41, 5.74) is 0. The molecule has 2 rings (SSSR count). The van der Waals surface area contributed by atoms with Gasteiger partial charge in [-0.05, 0) is 6.92 Å². The summed E-state index contributed by atoms with van der Waals surface area (Å²) in [4.78, 5) is 24.7. The molecule has 0 aromatic carbocycles. The molecule has 32 heavy (non-hydrogen) atoms. The quantitative estimate of drug-likeness (QED) is 0.196. The maximum absolute atomic E-state index is 13.6. The van der Waals surface area contributed by atoms with Gasteiger partial charge in [0.25, 0.3) is 10.1 Å². The van der Waals surface area contributed by atoms with Crippen LogP contribution in [0.1, 0.15) is 6.92 Å². The van der Waals surface area contributed by atoms with E-state index >= 15 is 0 Å². The summed E-state index contributed by atoms with van der Waals surface area (Å²) >= 11 is 0. The van der Waals surface area contributed by atoms with Gasteiger partial charge in [0.15, 0.2) is 6.10 Å². The Morgan fingerprint density at radius 2 is 1.41 bits per heavy atom. The monoisotopic (exact) mass is 518 g/mol. The minimum Gasteiger partial charge on any atom is -0.455 e. The number of alkyl halides is 5. The Labute approximate surface area is 177 Å². The van der Waals surface area contributed by atoms with E-state index < -0.39 is 85.6 Å². The van der Waals surface area contributed by atoms with Gasteiger partial charge < -0.3 is 14.2 Å². The van der Waals surface area contributed by atoms with Crippen molar-refractivity contribution in [3.8, 4) is 0 Å². The molecule has 0 spiro atoms. The predicted octanol–water partition coefficient (Wildman–Crippen LogP) is 0.330. The largest absolute Gasteiger partial charge is 0.455 e. The van der Waals surface area contributed by atoms with Crippen LogP contribution in [0.4, 0.5) is 22.0 Å². The van der Waals surface area contributed by atoms with E-state index in [0.717, 1.165) is 12.2 Å². The van der Waals surface area contributed by atoms with Crippen molar-refractivity contribution in [1.82, 2.24) is 0 Å². The van der Waals surface area contributed by atoms with E-state index in [1.807, 2.05) is 0 Å². The normalized spacial score (nSPS) is 27.8. The fourth-order valence-corrected chi connectivity index (χ4v) is 4.11. The molecule has 6 unspecified atom stereocenters. The number of halogens is 5. The Morgan fingerprint density at radius 1 is 0.969 bits per heavy atom. The number of hydrogen-bond acceptors (Lipinski definition) is 9. The fourth-order valence-electron chi connectivity index (χ4n) is 3.01. The highest BCUT2D eigenvalue weighted by Gasteiger charge is 2.58. The molecule has 0 radical (unpaired) electrons. The Kier molecular flexibility index (Phi) is 6.98. The molecule has 2 aliphatic heterocycles. The average Bonchev–Trinajstić information content (AvgIpc) is 3.19. The fraction of sp³-hybridized carbons (Fsp3) is 0.714. The molecule has 1 fully saturated rings. The van der Waals surface area contributed by atoms with Crippen molar-refractivity contribution in [1.29, 1.82) is 0 Å². The van der Waals surface area contributed by atoms with Gasteiger partial charge in [0.05, 0.1) is 12.2 Å². The van der Waals surface area contributed by atoms with Gasteiger partial charge >= 0.3 is 33.5 Å². The Hall–Kier alpha value is -1.89. The first kappa shape index (κ1) is 26.4. The van der Waals surface area contributed by atoms with Crippen molar-refractivity contribution < 1.29 is 71.7 Å². The lowest BCUT2D eigenvalue weighted by Crippen LogP contribution is -2.47. The minimum atomic E-state index is -6.01. The van der Waals surface area contributed by atoms with E-state index in [9.17, 15) is 48.4 Å². The molecular formula is C14H15F5O11S2. The standard InChI is InChI=1S/C14H15F5O11S2/c1-5(14(18,19)32(25,26)27)28-11(20)9-6-2-3-7(29-6)10(9)12(21)30-8(13(15,16)17)4-31(22,23)24/h2-3,5-10H,4H2,1H3,(H,22,23,24)(H,25,26,27). The highest BCUT2D eigenvalue weighted by atomic mass is 32.2. The molecule has 6 atom stereocenters. The van der Waals surface area contributed by atoms with Gasteiger partial charge in [-0.1, -0.05) is 12.2 Å². The summed E-state index contributed by atoms with van der Waals surface area (Å²) in [7, 11) is -11.3. The van der Waals surface area contributed by atoms with Crippen molar-refractivity contribution in [2.24, 2.45) is 11.8 Å². The maximum Gasteiger partial charge on any atom is 0.426 e. The molecule has 0 saturated carbocycles. The average molecular weight is 518 g/mol. The van der Waals surface area contributed by atoms with E-state index in [2.05, 4.69) is 9.47 Å². The zero-order valence-corrected chi connectivity index (χ0v) is 17.2. The molecule has 2 bridgehead atoms. The Bertz CT molecular complexity index is 1000. The van der Waals surface area contributed by atoms with Crippen molar-refractivity contribution in [3.63, 3.8) is 0 Å². The number of fused-ring (bicyclic) bond motifs is 2. The van der Waals surface area contributed by atoms with Crippen LogP contribution in [0.15, 0.2) is 12.2 Å². The molecule has 0 aromatic rings. The number of ether oxygens (including phenoxy) is 3. The predicted molar refractivity (Wildman–Crippen MR) is 89.2 cm³/mol. The van der Waals surface area contributed by atoms with Gasteiger partial charge in [-0.3, -0.25) is 18.7 Å². The first-order valence-corrected chi connectivity index (χ1v) is 11.4. The molecule has 11 nitrogen and oxygen atoms in total. The van der Waals surface area contributed by atoms with E-state index in [4.69, 9.17) is 13.8 Å². The molecule has 2 heterocycles. The summed E-state index contributed by atoms with van der Waals surface area (Å²) in [6, 6.07) is 0. The molecule has 2 N–H and O–H groups in total. The van der Waals surface area contributed by atoms with Crippen LogP contribution in [0, 0.1) is 11.8 Å². The van der Waals surface area contributed by atoms with Crippen LogP contribution >= 0.6 is 0 Å². The molecule has 0 aliphatic carbocycles. The summed E-state index contributed by atoms with van der Waals surface area (Å²) in [5.74, 6) is -9.32. The molecule has 18 heteroatoms. The second-order valence-corrected chi connectivity index (χ2v) is 9.83. The van der Waals surface area contributed by atoms with E-state index in [0.29, 0.717) is 6.92 Å². The molecular weight excluding hydrogens is 503 g/mol. The lowest BCUT2D eigenvalue weighted by atomic mass is 9.83. The number of hydrogen-bond donors (Lipinski definition) is 2. The maximum atomic E-state index is 13.6. The first-order valence-electron chi connectivity index (χ1n) is 8.37. The lowest BCUT2D eigenvalue weighted by molar-refractivity contribution is -0.219. The molecule has 184 valence electrons. The SMILES string of the molecule is CC(OC(=O)C1C2C=CC(O2)C1C(=O)OC(CS(=O)(=O)O)C(F)(F)F)C(F)(F)S(=O)(=O)O. The number of carbonyl (C=O) groups is 2.